The Balaban J connectivity index is 1.55. The summed E-state index contributed by atoms with van der Waals surface area (Å²) >= 11 is 1.53. The number of thiophene rings is 1. The zero-order valence-corrected chi connectivity index (χ0v) is 22.7. The van der Waals surface area contributed by atoms with Gasteiger partial charge in [0.1, 0.15) is 11.4 Å². The number of nitrogen functional groups attached to an aromatic ring is 1. The molecule has 1 unspecified atom stereocenters. The summed E-state index contributed by atoms with van der Waals surface area (Å²) in [6.45, 7) is 5.86. The van der Waals surface area contributed by atoms with E-state index in [4.69, 9.17) is 19.9 Å². The maximum absolute atomic E-state index is 14.4. The van der Waals surface area contributed by atoms with Crippen molar-refractivity contribution in [1.82, 2.24) is 10.3 Å². The van der Waals surface area contributed by atoms with Gasteiger partial charge in [-0.1, -0.05) is 24.3 Å². The smallest absolute Gasteiger partial charge is 0.407 e. The summed E-state index contributed by atoms with van der Waals surface area (Å²) in [5.41, 5.74) is 8.37. The van der Waals surface area contributed by atoms with Crippen molar-refractivity contribution in [2.24, 2.45) is 0 Å². The largest absolute Gasteiger partial charge is 0.453 e. The fourth-order valence-corrected chi connectivity index (χ4v) is 5.15. The van der Waals surface area contributed by atoms with E-state index in [2.05, 4.69) is 22.4 Å². The number of carbonyl (C=O) groups is 1. The normalized spacial score (nSPS) is 12.3. The van der Waals surface area contributed by atoms with Gasteiger partial charge >= 0.3 is 6.09 Å². The number of hydrogen-bond acceptors (Lipinski definition) is 7. The Labute approximate surface area is 225 Å². The summed E-state index contributed by atoms with van der Waals surface area (Å²) in [4.78, 5) is 17.8. The number of aryl methyl sites for hydroxylation is 1. The predicted molar refractivity (Wildman–Crippen MR) is 149 cm³/mol. The van der Waals surface area contributed by atoms with Crippen LogP contribution in [-0.2, 0) is 15.9 Å². The summed E-state index contributed by atoms with van der Waals surface area (Å²) in [7, 11) is 1.61. The van der Waals surface area contributed by atoms with Crippen LogP contribution in [0.25, 0.3) is 20.7 Å². The van der Waals surface area contributed by atoms with Crippen molar-refractivity contribution in [3.05, 3.63) is 72.2 Å². The number of halogens is 1. The van der Waals surface area contributed by atoms with Crippen LogP contribution >= 0.6 is 11.3 Å². The summed E-state index contributed by atoms with van der Waals surface area (Å²) in [6.07, 6.45) is 2.56. The van der Waals surface area contributed by atoms with Crippen LogP contribution in [0, 0.1) is 5.82 Å². The Morgan fingerprint density at radius 1 is 1.13 bits per heavy atom. The molecule has 0 saturated carbocycles. The van der Waals surface area contributed by atoms with E-state index in [0.29, 0.717) is 30.9 Å². The molecule has 0 aliphatic heterocycles. The first kappa shape index (κ1) is 27.3. The predicted octanol–water partition coefficient (Wildman–Crippen LogP) is 6.95. The average Bonchev–Trinajstić information content (AvgIpc) is 3.28. The van der Waals surface area contributed by atoms with Crippen molar-refractivity contribution < 1.29 is 23.4 Å². The molecule has 2 aromatic carbocycles. The Morgan fingerprint density at radius 3 is 2.66 bits per heavy atom. The summed E-state index contributed by atoms with van der Waals surface area (Å²) in [6, 6.07) is 16.0. The lowest BCUT2D eigenvalue weighted by Gasteiger charge is -2.23. The maximum Gasteiger partial charge on any atom is 0.407 e. The fraction of sp³-hybridized carbons (Fsp3) is 0.310. The molecule has 0 fully saturated rings. The Morgan fingerprint density at radius 2 is 1.92 bits per heavy atom. The molecule has 0 saturated heterocycles. The van der Waals surface area contributed by atoms with Crippen LogP contribution in [0.2, 0.25) is 0 Å². The lowest BCUT2D eigenvalue weighted by atomic mass is 9.99. The van der Waals surface area contributed by atoms with Crippen LogP contribution in [0.5, 0.6) is 11.5 Å². The number of ether oxygens (including phenoxy) is 3. The Kier molecular flexibility index (Phi) is 8.48. The minimum absolute atomic E-state index is 0.101. The number of carbonyl (C=O) groups excluding carboxylic acids is 1. The number of aromatic nitrogens is 1. The molecule has 1 atom stereocenters. The van der Waals surface area contributed by atoms with Crippen LogP contribution in [0.3, 0.4) is 0 Å². The van der Waals surface area contributed by atoms with E-state index in [1.54, 1.807) is 25.4 Å². The number of alkyl carbamates (subject to hydrolysis) is 1. The number of anilines is 1. The zero-order chi connectivity index (χ0) is 27.3. The number of amides is 1. The molecule has 7 nitrogen and oxygen atoms in total. The number of hydrogen-bond donors (Lipinski definition) is 2. The van der Waals surface area contributed by atoms with E-state index >= 15 is 0 Å². The van der Waals surface area contributed by atoms with Gasteiger partial charge in [0.2, 0.25) is 0 Å². The lowest BCUT2D eigenvalue weighted by molar-refractivity contribution is 0.0465. The van der Waals surface area contributed by atoms with Crippen LogP contribution in [0.15, 0.2) is 60.8 Å². The highest BCUT2D eigenvalue weighted by Crippen LogP contribution is 2.40. The van der Waals surface area contributed by atoms with E-state index in [-0.39, 0.29) is 11.8 Å². The van der Waals surface area contributed by atoms with Crippen LogP contribution in [0.4, 0.5) is 14.9 Å². The standard InChI is InChI=1S/C29H32FN3O4S/c1-29(2,3)37-28(34)33-20(17-35-4)11-9-18-7-5-6-8-21(18)26-16-23-27(38-26)25(13-14-32-23)36-24-12-10-19(31)15-22(24)30/h5-8,10,12-16,20H,9,11,17,31H2,1-4H3,(H,33,34). The summed E-state index contributed by atoms with van der Waals surface area (Å²) in [5, 5.41) is 2.92. The molecule has 0 aliphatic carbocycles. The third kappa shape index (κ3) is 6.99. The number of methoxy groups -OCH3 is 1. The van der Waals surface area contributed by atoms with Crippen molar-refractivity contribution in [3.63, 3.8) is 0 Å². The number of nitrogens with two attached hydrogens (primary N) is 1. The molecule has 0 spiro atoms. The van der Waals surface area contributed by atoms with Crippen molar-refractivity contribution in [3.8, 4) is 21.9 Å². The highest BCUT2D eigenvalue weighted by molar-refractivity contribution is 7.22. The number of pyridine rings is 1. The van der Waals surface area contributed by atoms with Crippen LogP contribution in [-0.4, -0.2) is 36.4 Å². The second-order valence-corrected chi connectivity index (χ2v) is 11.0. The minimum Gasteiger partial charge on any atom is -0.453 e. The topological polar surface area (TPSA) is 95.7 Å². The molecule has 0 bridgehead atoms. The van der Waals surface area contributed by atoms with Crippen LogP contribution in [0.1, 0.15) is 32.8 Å². The van der Waals surface area contributed by atoms with Gasteiger partial charge in [0.15, 0.2) is 11.6 Å². The van der Waals surface area contributed by atoms with Gasteiger partial charge in [0.05, 0.1) is 22.9 Å². The number of fused-ring (bicyclic) bond motifs is 1. The Hall–Kier alpha value is -3.69. The third-order valence-corrected chi connectivity index (χ3v) is 6.86. The number of benzene rings is 2. The van der Waals surface area contributed by atoms with Crippen molar-refractivity contribution >= 4 is 33.3 Å². The van der Waals surface area contributed by atoms with Gasteiger partial charge in [-0.15, -0.1) is 11.3 Å². The average molecular weight is 538 g/mol. The second kappa shape index (κ2) is 11.8. The summed E-state index contributed by atoms with van der Waals surface area (Å²) < 4.78 is 31.8. The van der Waals surface area contributed by atoms with Gasteiger partial charge in [0, 0.05) is 36.0 Å². The lowest BCUT2D eigenvalue weighted by Crippen LogP contribution is -2.41. The molecule has 4 aromatic rings. The first-order chi connectivity index (χ1) is 18.1. The van der Waals surface area contributed by atoms with Gasteiger partial charge in [-0.3, -0.25) is 4.98 Å². The molecule has 3 N–H and O–H groups in total. The number of nitrogens with zero attached hydrogens (tertiary/aromatic N) is 1. The molecule has 38 heavy (non-hydrogen) atoms. The third-order valence-electron chi connectivity index (χ3n) is 5.69. The molecular formula is C29H32FN3O4S. The number of nitrogens with one attached hydrogen (secondary N) is 1. The number of rotatable bonds is 9. The molecule has 0 radical (unpaired) electrons. The van der Waals surface area contributed by atoms with E-state index in [9.17, 15) is 9.18 Å². The van der Waals surface area contributed by atoms with E-state index in [0.717, 1.165) is 26.2 Å². The molecule has 9 heteroatoms. The second-order valence-electron chi connectivity index (χ2n) is 9.92. The highest BCUT2D eigenvalue weighted by atomic mass is 32.1. The van der Waals surface area contributed by atoms with E-state index in [1.165, 1.54) is 23.5 Å². The van der Waals surface area contributed by atoms with Gasteiger partial charge in [-0.2, -0.15) is 0 Å². The molecule has 2 heterocycles. The first-order valence-electron chi connectivity index (χ1n) is 12.3. The molecule has 2 aromatic heterocycles. The van der Waals surface area contributed by atoms with Crippen molar-refractivity contribution in [2.75, 3.05) is 19.5 Å². The quantitative estimate of drug-likeness (QED) is 0.224. The van der Waals surface area contributed by atoms with Crippen molar-refractivity contribution in [2.45, 2.75) is 45.3 Å². The van der Waals surface area contributed by atoms with Gasteiger partial charge < -0.3 is 25.3 Å². The molecule has 1 amide bonds. The van der Waals surface area contributed by atoms with Crippen LogP contribution < -0.4 is 15.8 Å². The Bertz CT molecular complexity index is 1420. The highest BCUT2D eigenvalue weighted by Gasteiger charge is 2.20. The minimum atomic E-state index is -0.578. The molecular weight excluding hydrogens is 505 g/mol. The van der Waals surface area contributed by atoms with Gasteiger partial charge in [-0.25, -0.2) is 9.18 Å². The van der Waals surface area contributed by atoms with E-state index in [1.807, 2.05) is 39.0 Å². The molecule has 4 rings (SSSR count). The molecule has 0 aliphatic rings. The zero-order valence-electron chi connectivity index (χ0n) is 21.9. The molecule has 200 valence electrons. The van der Waals surface area contributed by atoms with Gasteiger partial charge in [0.25, 0.3) is 0 Å². The van der Waals surface area contributed by atoms with Crippen molar-refractivity contribution in [1.29, 1.82) is 0 Å². The SMILES string of the molecule is COCC(CCc1ccccc1-c1cc2nccc(Oc3ccc(N)cc3F)c2s1)NC(=O)OC(C)(C)C. The van der Waals surface area contributed by atoms with E-state index < -0.39 is 17.5 Å². The fourth-order valence-electron chi connectivity index (χ4n) is 4.03. The first-order valence-corrected chi connectivity index (χ1v) is 13.1. The maximum atomic E-state index is 14.4. The van der Waals surface area contributed by atoms with Gasteiger partial charge in [-0.05, 0) is 62.9 Å². The monoisotopic (exact) mass is 537 g/mol. The summed E-state index contributed by atoms with van der Waals surface area (Å²) in [5.74, 6) is 0.0977.